The second-order valence-corrected chi connectivity index (χ2v) is 10.2. The predicted molar refractivity (Wildman–Crippen MR) is 135 cm³/mol. The monoisotopic (exact) mass is 516 g/mol. The maximum atomic E-state index is 14.7. The number of carbonyl (C=O) groups is 1. The van der Waals surface area contributed by atoms with Crippen molar-refractivity contribution in [2.24, 2.45) is 0 Å². The molecule has 3 heterocycles. The van der Waals surface area contributed by atoms with Crippen LogP contribution in [0.2, 0.25) is 0 Å². The number of carbonyl (C=O) groups excluding carboxylic acids is 1. The molecule has 1 amide bonds. The number of nitrogens with zero attached hydrogens (tertiary/aromatic N) is 4. The van der Waals surface area contributed by atoms with Crippen molar-refractivity contribution in [3.8, 4) is 0 Å². The Balaban J connectivity index is 1.56. The van der Waals surface area contributed by atoms with Crippen LogP contribution < -0.4 is 15.5 Å². The summed E-state index contributed by atoms with van der Waals surface area (Å²) in [5.74, 6) is 0.676. The summed E-state index contributed by atoms with van der Waals surface area (Å²) in [6.07, 6.45) is -0.997. The molecule has 1 unspecified atom stereocenters. The van der Waals surface area contributed by atoms with Gasteiger partial charge >= 0.3 is 6.09 Å². The average molecular weight is 517 g/mol. The predicted octanol–water partition coefficient (Wildman–Crippen LogP) is 5.69. The van der Waals surface area contributed by atoms with Gasteiger partial charge in [0.1, 0.15) is 28.9 Å². The Morgan fingerprint density at radius 2 is 1.95 bits per heavy atom. The Bertz CT molecular complexity index is 1300. The van der Waals surface area contributed by atoms with E-state index in [2.05, 4.69) is 25.6 Å². The van der Waals surface area contributed by atoms with E-state index < -0.39 is 35.5 Å². The first kappa shape index (κ1) is 26.4. The number of fused-ring (bicyclic) bond motifs is 1. The van der Waals surface area contributed by atoms with E-state index in [0.29, 0.717) is 41.5 Å². The van der Waals surface area contributed by atoms with Gasteiger partial charge in [0.05, 0.1) is 29.4 Å². The number of aryl methyl sites for hydroxylation is 1. The smallest absolute Gasteiger partial charge is 0.407 e. The molecule has 0 saturated carbocycles. The Kier molecular flexibility index (Phi) is 7.42. The highest BCUT2D eigenvalue weighted by atomic mass is 19.3. The summed E-state index contributed by atoms with van der Waals surface area (Å²) in [4.78, 5) is 27.7. The third-order valence-electron chi connectivity index (χ3n) is 6.03. The zero-order chi connectivity index (χ0) is 26.9. The third kappa shape index (κ3) is 6.20. The Morgan fingerprint density at radius 1 is 1.22 bits per heavy atom. The number of alkyl carbamates (subject to hydrolysis) is 1. The van der Waals surface area contributed by atoms with Crippen molar-refractivity contribution >= 4 is 28.6 Å². The number of alkyl halides is 2. The highest BCUT2D eigenvalue weighted by molar-refractivity contribution is 5.90. The number of ether oxygens (including phenoxy) is 1. The molecule has 0 spiro atoms. The lowest BCUT2D eigenvalue weighted by molar-refractivity contribution is 0.0509. The van der Waals surface area contributed by atoms with Crippen LogP contribution in [0.15, 0.2) is 30.5 Å². The molecule has 1 aromatic carbocycles. The minimum atomic E-state index is -2.91. The summed E-state index contributed by atoms with van der Waals surface area (Å²) in [5.41, 5.74) is -0.502. The molecule has 198 valence electrons. The highest BCUT2D eigenvalue weighted by Crippen LogP contribution is 2.31. The molecule has 1 fully saturated rings. The Morgan fingerprint density at radius 3 is 2.65 bits per heavy atom. The van der Waals surface area contributed by atoms with Gasteiger partial charge in [-0.05, 0) is 47.1 Å². The fraction of sp³-hybridized carbons (Fsp3) is 0.462. The van der Waals surface area contributed by atoms with Crippen LogP contribution in [0.4, 0.5) is 29.6 Å². The molecule has 4 rings (SSSR count). The first-order chi connectivity index (χ1) is 17.4. The first-order valence-corrected chi connectivity index (χ1v) is 12.1. The number of halogens is 3. The summed E-state index contributed by atoms with van der Waals surface area (Å²) in [6, 6.07) is 5.08. The summed E-state index contributed by atoms with van der Waals surface area (Å²) >= 11 is 0. The third-order valence-corrected chi connectivity index (χ3v) is 6.03. The summed E-state index contributed by atoms with van der Waals surface area (Å²) in [5, 5.41) is 6.73. The van der Waals surface area contributed by atoms with Crippen LogP contribution in [0, 0.1) is 12.7 Å². The summed E-state index contributed by atoms with van der Waals surface area (Å²) in [7, 11) is 0. The van der Waals surface area contributed by atoms with Gasteiger partial charge in [-0.15, -0.1) is 0 Å². The lowest BCUT2D eigenvalue weighted by Crippen LogP contribution is -2.40. The number of nitrogens with one attached hydrogen (secondary N) is 2. The number of anilines is 2. The molecule has 0 radical (unpaired) electrons. The number of rotatable bonds is 6. The largest absolute Gasteiger partial charge is 0.444 e. The molecule has 8 nitrogen and oxygen atoms in total. The molecule has 2 aromatic heterocycles. The molecule has 0 aliphatic carbocycles. The molecule has 0 bridgehead atoms. The van der Waals surface area contributed by atoms with Crippen LogP contribution >= 0.6 is 0 Å². The number of hydrogen-bond acceptors (Lipinski definition) is 7. The zero-order valence-corrected chi connectivity index (χ0v) is 21.5. The minimum absolute atomic E-state index is 0.0932. The van der Waals surface area contributed by atoms with Crippen LogP contribution in [0.25, 0.3) is 10.9 Å². The van der Waals surface area contributed by atoms with E-state index in [4.69, 9.17) is 4.74 Å². The Hall–Kier alpha value is -3.63. The topological polar surface area (TPSA) is 92.3 Å². The van der Waals surface area contributed by atoms with Crippen molar-refractivity contribution in [2.75, 3.05) is 23.3 Å². The minimum Gasteiger partial charge on any atom is -0.444 e. The molecule has 1 saturated heterocycles. The van der Waals surface area contributed by atoms with Crippen LogP contribution in [-0.2, 0) is 4.74 Å². The van der Waals surface area contributed by atoms with Crippen LogP contribution in [0.3, 0.4) is 0 Å². The maximum absolute atomic E-state index is 14.7. The fourth-order valence-corrected chi connectivity index (χ4v) is 4.33. The van der Waals surface area contributed by atoms with Crippen molar-refractivity contribution in [1.82, 2.24) is 20.3 Å². The van der Waals surface area contributed by atoms with Gasteiger partial charge in [0.15, 0.2) is 0 Å². The molecular formula is C26H31F3N6O2. The van der Waals surface area contributed by atoms with Crippen molar-refractivity contribution in [3.05, 3.63) is 53.2 Å². The SMILES string of the molecule is Cc1nc(NC(C)c2cccc(C(F)F)c2F)c2cc(N3CC[C@@H](NC(=O)OC(C)(C)C)C3)ncc2n1. The summed E-state index contributed by atoms with van der Waals surface area (Å²) in [6.45, 7) is 10.1. The van der Waals surface area contributed by atoms with Crippen LogP contribution in [0.1, 0.15) is 63.5 Å². The van der Waals surface area contributed by atoms with E-state index in [-0.39, 0.29) is 11.6 Å². The molecule has 3 aromatic rings. The lowest BCUT2D eigenvalue weighted by Gasteiger charge is -2.22. The average Bonchev–Trinajstić information content (AvgIpc) is 3.25. The quantitative estimate of drug-likeness (QED) is 0.435. The normalized spacial score (nSPS) is 16.8. The van der Waals surface area contributed by atoms with E-state index in [1.165, 1.54) is 12.1 Å². The van der Waals surface area contributed by atoms with Gasteiger partial charge in [0, 0.05) is 24.0 Å². The van der Waals surface area contributed by atoms with Crippen LogP contribution in [-0.4, -0.2) is 45.8 Å². The first-order valence-electron chi connectivity index (χ1n) is 12.1. The number of hydrogen-bond donors (Lipinski definition) is 2. The second kappa shape index (κ2) is 10.4. The number of aromatic nitrogens is 3. The van der Waals surface area contributed by atoms with Crippen molar-refractivity contribution in [1.29, 1.82) is 0 Å². The number of benzene rings is 1. The van der Waals surface area contributed by atoms with Gasteiger partial charge in [0.2, 0.25) is 0 Å². The van der Waals surface area contributed by atoms with Crippen molar-refractivity contribution in [2.45, 2.75) is 65.1 Å². The standard InChI is InChI=1S/C26H31F3N6O2/c1-14(17-7-6-8-18(22(17)27)23(28)29)31-24-19-11-21(30-12-20(19)32-15(2)33-24)35-10-9-16(13-35)34-25(36)37-26(3,4)5/h6-8,11-12,14,16,23H,9-10,13H2,1-5H3,(H,34,36)(H,31,32,33)/t14?,16-/m1/s1. The molecule has 1 aliphatic heterocycles. The second-order valence-electron chi connectivity index (χ2n) is 10.2. The van der Waals surface area contributed by atoms with E-state index in [0.717, 1.165) is 12.5 Å². The van der Waals surface area contributed by atoms with E-state index in [9.17, 15) is 18.0 Å². The molecule has 1 aliphatic rings. The van der Waals surface area contributed by atoms with Gasteiger partial charge in [-0.3, -0.25) is 0 Å². The molecule has 37 heavy (non-hydrogen) atoms. The van der Waals surface area contributed by atoms with Gasteiger partial charge in [-0.2, -0.15) is 0 Å². The maximum Gasteiger partial charge on any atom is 0.407 e. The highest BCUT2D eigenvalue weighted by Gasteiger charge is 2.27. The van der Waals surface area contributed by atoms with Crippen molar-refractivity contribution in [3.63, 3.8) is 0 Å². The number of pyridine rings is 1. The van der Waals surface area contributed by atoms with Crippen LogP contribution in [0.5, 0.6) is 0 Å². The van der Waals surface area contributed by atoms with E-state index in [1.807, 2.05) is 31.7 Å². The number of amides is 1. The van der Waals surface area contributed by atoms with Gasteiger partial charge in [0.25, 0.3) is 6.43 Å². The lowest BCUT2D eigenvalue weighted by atomic mass is 10.0. The molecule has 2 atom stereocenters. The molecular weight excluding hydrogens is 485 g/mol. The van der Waals surface area contributed by atoms with Gasteiger partial charge < -0.3 is 20.3 Å². The Labute approximate surface area is 213 Å². The van der Waals surface area contributed by atoms with Crippen molar-refractivity contribution < 1.29 is 22.7 Å². The molecule has 2 N–H and O–H groups in total. The fourth-order valence-electron chi connectivity index (χ4n) is 4.33. The van der Waals surface area contributed by atoms with Gasteiger partial charge in [-0.25, -0.2) is 32.9 Å². The van der Waals surface area contributed by atoms with Gasteiger partial charge in [-0.1, -0.05) is 18.2 Å². The van der Waals surface area contributed by atoms with E-state index in [1.54, 1.807) is 20.0 Å². The summed E-state index contributed by atoms with van der Waals surface area (Å²) < 4.78 is 46.5. The zero-order valence-electron chi connectivity index (χ0n) is 21.5. The van der Waals surface area contributed by atoms with E-state index >= 15 is 0 Å². The molecule has 11 heteroatoms.